The van der Waals surface area contributed by atoms with E-state index < -0.39 is 16.7 Å². The smallest absolute Gasteiger partial charge is 0.222 e. The van der Waals surface area contributed by atoms with Gasteiger partial charge in [-0.15, -0.1) is 0 Å². The first kappa shape index (κ1) is 25.1. The van der Waals surface area contributed by atoms with E-state index in [0.29, 0.717) is 29.7 Å². The fourth-order valence-electron chi connectivity index (χ4n) is 2.94. The van der Waals surface area contributed by atoms with Crippen molar-refractivity contribution in [1.29, 1.82) is 0 Å². The zero-order chi connectivity index (χ0) is 23.2. The van der Waals surface area contributed by atoms with E-state index in [1.807, 2.05) is 19.9 Å². The van der Waals surface area contributed by atoms with E-state index in [4.69, 9.17) is 0 Å². The van der Waals surface area contributed by atoms with Crippen molar-refractivity contribution in [2.45, 2.75) is 52.0 Å². The van der Waals surface area contributed by atoms with Crippen LogP contribution in [-0.4, -0.2) is 28.5 Å². The summed E-state index contributed by atoms with van der Waals surface area (Å²) >= 11 is 0. The molecule has 2 rings (SSSR count). The number of nitrogens with one attached hydrogen (secondary N) is 2. The summed E-state index contributed by atoms with van der Waals surface area (Å²) in [5.41, 5.74) is 0.779. The molecule has 0 fully saturated rings. The van der Waals surface area contributed by atoms with Gasteiger partial charge in [-0.05, 0) is 55.5 Å². The van der Waals surface area contributed by atoms with Crippen molar-refractivity contribution in [2.24, 2.45) is 5.92 Å². The van der Waals surface area contributed by atoms with Crippen LogP contribution in [0.3, 0.4) is 0 Å². The first-order valence-electron chi connectivity index (χ1n) is 10.5. The minimum absolute atomic E-state index is 0.0531. The molecular formula is C24H32F2N2O2S. The van der Waals surface area contributed by atoms with Crippen molar-refractivity contribution >= 4 is 16.9 Å². The fourth-order valence-corrected chi connectivity index (χ4v) is 3.69. The molecule has 0 bridgehead atoms. The van der Waals surface area contributed by atoms with E-state index in [1.54, 1.807) is 44.2 Å². The predicted octanol–water partition coefficient (Wildman–Crippen LogP) is 4.65. The summed E-state index contributed by atoms with van der Waals surface area (Å²) in [6, 6.07) is 11.8. The van der Waals surface area contributed by atoms with Gasteiger partial charge in [0.05, 0.1) is 11.0 Å². The van der Waals surface area contributed by atoms with Crippen LogP contribution >= 0.6 is 0 Å². The van der Waals surface area contributed by atoms with Crippen LogP contribution in [0.2, 0.25) is 0 Å². The zero-order valence-corrected chi connectivity index (χ0v) is 19.6. The summed E-state index contributed by atoms with van der Waals surface area (Å²) in [5.74, 6) is -0.492. The van der Waals surface area contributed by atoms with Gasteiger partial charge in [-0.1, -0.05) is 50.2 Å². The number of hydrogen-bond donors (Lipinski definition) is 2. The normalized spacial score (nSPS) is 14.5. The molecule has 2 N–H and O–H groups in total. The number of carbonyl (C=O) groups excluding carboxylic acids is 1. The third-order valence-electron chi connectivity index (χ3n) is 5.07. The first-order chi connectivity index (χ1) is 14.5. The summed E-state index contributed by atoms with van der Waals surface area (Å²) in [5, 5.41) is 2.69. The van der Waals surface area contributed by atoms with Crippen LogP contribution in [0.1, 0.15) is 45.7 Å². The second-order valence-corrected chi connectivity index (χ2v) is 10.3. The molecule has 4 nitrogen and oxygen atoms in total. The Morgan fingerprint density at radius 2 is 1.68 bits per heavy atom. The highest BCUT2D eigenvalue weighted by molar-refractivity contribution is 7.83. The minimum atomic E-state index is -1.68. The molecule has 2 aromatic rings. The Hall–Kier alpha value is -2.12. The highest BCUT2D eigenvalue weighted by atomic mass is 32.2. The Balaban J connectivity index is 2.04. The number of alkyl halides is 1. The lowest BCUT2D eigenvalue weighted by molar-refractivity contribution is -0.123. The Morgan fingerprint density at radius 3 is 2.23 bits per heavy atom. The summed E-state index contributed by atoms with van der Waals surface area (Å²) in [7, 11) is -1.29. The standard InChI is InChI=1S/C24H32F2N2O2S/c1-16(2)23(29)27-13-12-19-6-7-20(14-22(19)25)18-8-10-21(11-9-18)24(5,26)15-28-31(30)17(3)4/h6-11,14,16-17,28H,12-13,15H2,1-5H3,(H,27,29). The third kappa shape index (κ3) is 7.21. The van der Waals surface area contributed by atoms with Crippen LogP contribution in [0.25, 0.3) is 11.1 Å². The number of carbonyl (C=O) groups is 1. The first-order valence-corrected chi connectivity index (χ1v) is 11.7. The second kappa shape index (κ2) is 11.0. The molecule has 0 heterocycles. The lowest BCUT2D eigenvalue weighted by Crippen LogP contribution is -2.35. The van der Waals surface area contributed by atoms with E-state index in [0.717, 1.165) is 5.56 Å². The van der Waals surface area contributed by atoms with Crippen molar-refractivity contribution in [1.82, 2.24) is 10.0 Å². The molecule has 2 aromatic carbocycles. The summed E-state index contributed by atoms with van der Waals surface area (Å²) in [6.45, 7) is 8.99. The summed E-state index contributed by atoms with van der Waals surface area (Å²) in [4.78, 5) is 11.6. The van der Waals surface area contributed by atoms with E-state index in [-0.39, 0.29) is 29.4 Å². The molecule has 0 saturated carbocycles. The average Bonchev–Trinajstić information content (AvgIpc) is 2.73. The Labute approximate surface area is 186 Å². The van der Waals surface area contributed by atoms with Gasteiger partial charge >= 0.3 is 0 Å². The van der Waals surface area contributed by atoms with E-state index in [2.05, 4.69) is 10.0 Å². The van der Waals surface area contributed by atoms with Gasteiger partial charge in [0.25, 0.3) is 0 Å². The molecule has 0 saturated heterocycles. The van der Waals surface area contributed by atoms with Gasteiger partial charge in [0.2, 0.25) is 5.91 Å². The van der Waals surface area contributed by atoms with Crippen molar-refractivity contribution < 1.29 is 17.8 Å². The van der Waals surface area contributed by atoms with Gasteiger partial charge in [-0.2, -0.15) is 0 Å². The van der Waals surface area contributed by atoms with Crippen LogP contribution < -0.4 is 10.0 Å². The second-order valence-electron chi connectivity index (χ2n) is 8.44. The highest BCUT2D eigenvalue weighted by Gasteiger charge is 2.26. The SMILES string of the molecule is CC(C)C(=O)NCCc1ccc(-c2ccc(C(C)(F)CNS(=O)C(C)C)cc2)cc1F. The van der Waals surface area contributed by atoms with Gasteiger partial charge < -0.3 is 5.32 Å². The maximum atomic E-state index is 15.0. The molecule has 7 heteroatoms. The fraction of sp³-hybridized carbons (Fsp3) is 0.458. The third-order valence-corrected chi connectivity index (χ3v) is 6.35. The van der Waals surface area contributed by atoms with Gasteiger partial charge in [-0.3, -0.25) is 4.79 Å². The quantitative estimate of drug-likeness (QED) is 0.553. The summed E-state index contributed by atoms with van der Waals surface area (Å²) < 4.78 is 44.1. The Kier molecular flexibility index (Phi) is 8.89. The van der Waals surface area contributed by atoms with Crippen molar-refractivity contribution in [2.75, 3.05) is 13.1 Å². The van der Waals surface area contributed by atoms with Gasteiger partial charge in [0.1, 0.15) is 11.5 Å². The van der Waals surface area contributed by atoms with Crippen LogP contribution in [0.15, 0.2) is 42.5 Å². The molecule has 0 aromatic heterocycles. The molecule has 0 aliphatic rings. The molecule has 2 unspecified atom stereocenters. The molecule has 31 heavy (non-hydrogen) atoms. The van der Waals surface area contributed by atoms with Crippen molar-refractivity contribution in [3.63, 3.8) is 0 Å². The van der Waals surface area contributed by atoms with Crippen LogP contribution in [0, 0.1) is 11.7 Å². The maximum absolute atomic E-state index is 15.0. The molecule has 0 aliphatic heterocycles. The molecule has 0 aliphatic carbocycles. The number of halogens is 2. The van der Waals surface area contributed by atoms with Crippen molar-refractivity contribution in [3.8, 4) is 11.1 Å². The van der Waals surface area contributed by atoms with Crippen LogP contribution in [0.4, 0.5) is 8.78 Å². The van der Waals surface area contributed by atoms with Crippen LogP contribution in [0.5, 0.6) is 0 Å². The topological polar surface area (TPSA) is 58.2 Å². The van der Waals surface area contributed by atoms with Gasteiger partial charge in [0, 0.05) is 24.3 Å². The van der Waals surface area contributed by atoms with E-state index in [9.17, 15) is 13.4 Å². The maximum Gasteiger partial charge on any atom is 0.222 e. The van der Waals surface area contributed by atoms with Gasteiger partial charge in [-0.25, -0.2) is 17.7 Å². The lowest BCUT2D eigenvalue weighted by atomic mass is 9.95. The largest absolute Gasteiger partial charge is 0.356 e. The van der Waals surface area contributed by atoms with Gasteiger partial charge in [0.15, 0.2) is 0 Å². The van der Waals surface area contributed by atoms with Crippen molar-refractivity contribution in [3.05, 3.63) is 59.4 Å². The average molecular weight is 451 g/mol. The van der Waals surface area contributed by atoms with Crippen LogP contribution in [-0.2, 0) is 27.9 Å². The Morgan fingerprint density at radius 1 is 1.06 bits per heavy atom. The molecule has 0 spiro atoms. The monoisotopic (exact) mass is 450 g/mol. The number of hydrogen-bond acceptors (Lipinski definition) is 2. The molecule has 2 atom stereocenters. The summed E-state index contributed by atoms with van der Waals surface area (Å²) in [6.07, 6.45) is 0.411. The molecule has 170 valence electrons. The number of rotatable bonds is 10. The number of benzene rings is 2. The van der Waals surface area contributed by atoms with E-state index in [1.165, 1.54) is 13.0 Å². The highest BCUT2D eigenvalue weighted by Crippen LogP contribution is 2.28. The molecular weight excluding hydrogens is 418 g/mol. The molecule has 1 amide bonds. The number of amides is 1. The zero-order valence-electron chi connectivity index (χ0n) is 18.8. The van der Waals surface area contributed by atoms with E-state index >= 15 is 4.39 Å². The molecule has 0 radical (unpaired) electrons. The Bertz CT molecular complexity index is 912. The minimum Gasteiger partial charge on any atom is -0.356 e. The lowest BCUT2D eigenvalue weighted by Gasteiger charge is -2.22. The predicted molar refractivity (Wildman–Crippen MR) is 123 cm³/mol.